The Labute approximate surface area is 211 Å². The predicted molar refractivity (Wildman–Crippen MR) is 148 cm³/mol. The molecule has 0 aromatic heterocycles. The van der Waals surface area contributed by atoms with E-state index in [0.717, 1.165) is 38.5 Å². The molecule has 0 bridgehead atoms. The number of hydrogen-bond donors (Lipinski definition) is 6. The molecule has 0 unspecified atom stereocenters. The summed E-state index contributed by atoms with van der Waals surface area (Å²) in [4.78, 5) is 0. The van der Waals surface area contributed by atoms with Gasteiger partial charge in [0.05, 0.1) is 0 Å². The minimum Gasteiger partial charge on any atom is -0.325 e. The highest BCUT2D eigenvalue weighted by Crippen LogP contribution is 2.31. The van der Waals surface area contributed by atoms with Gasteiger partial charge in [0.1, 0.15) is 0 Å². The molecule has 7 heteroatoms. The molecule has 198 valence electrons. The molecule has 0 aliphatic carbocycles. The predicted octanol–water partition coefficient (Wildman–Crippen LogP) is 3.67. The van der Waals surface area contributed by atoms with Gasteiger partial charge in [0.15, 0.2) is 0 Å². The molecule has 3 fully saturated rings. The van der Waals surface area contributed by atoms with Crippen molar-refractivity contribution in [2.45, 2.75) is 173 Å². The van der Waals surface area contributed by atoms with Crippen molar-refractivity contribution in [3.63, 3.8) is 0 Å². The van der Waals surface area contributed by atoms with E-state index in [1.165, 1.54) is 0 Å². The summed E-state index contributed by atoms with van der Waals surface area (Å²) < 4.78 is 0. The summed E-state index contributed by atoms with van der Waals surface area (Å²) in [6, 6.07) is 1.38. The van der Waals surface area contributed by atoms with Crippen LogP contribution in [0.15, 0.2) is 0 Å². The molecule has 0 aromatic rings. The van der Waals surface area contributed by atoms with Gasteiger partial charge in [0.25, 0.3) is 0 Å². The molecule has 6 N–H and O–H groups in total. The van der Waals surface area contributed by atoms with Crippen molar-refractivity contribution in [1.29, 1.82) is 0 Å². The standard InChI is InChI=1S/C27H57BN6/c1-22(2)13-19(14-23(3,4)32-22)29-28(30-20-15-24(5,6)33-25(7,8)16-20)31-21-17-26(9,10)34-27(11,12)18-21/h19-21,29-34H,13-18H2,1-12H3. The highest BCUT2D eigenvalue weighted by Gasteiger charge is 2.44. The van der Waals surface area contributed by atoms with E-state index < -0.39 is 0 Å². The Balaban J connectivity index is 1.78. The molecular formula is C27H57BN6. The second-order valence-corrected chi connectivity index (χ2v) is 15.9. The van der Waals surface area contributed by atoms with E-state index in [0.29, 0.717) is 18.1 Å². The quantitative estimate of drug-likeness (QED) is 0.329. The third-order valence-electron chi connectivity index (χ3n) is 7.78. The first kappa shape index (κ1) is 28.4. The Morgan fingerprint density at radius 3 is 0.765 bits per heavy atom. The van der Waals surface area contributed by atoms with E-state index in [2.05, 4.69) is 115 Å². The molecule has 3 rings (SSSR count). The van der Waals surface area contributed by atoms with Gasteiger partial charge in [0, 0.05) is 51.4 Å². The van der Waals surface area contributed by atoms with Crippen LogP contribution >= 0.6 is 0 Å². The first-order chi connectivity index (χ1) is 15.1. The smallest absolute Gasteiger partial charge is 0.325 e. The first-order valence-corrected chi connectivity index (χ1v) is 13.8. The van der Waals surface area contributed by atoms with Crippen LogP contribution in [-0.4, -0.2) is 58.5 Å². The number of rotatable bonds is 6. The van der Waals surface area contributed by atoms with Crippen LogP contribution in [0.4, 0.5) is 0 Å². The number of nitrogens with one attached hydrogen (secondary N) is 6. The summed E-state index contributed by atoms with van der Waals surface area (Å²) in [6.07, 6.45) is 6.77. The maximum atomic E-state index is 4.07. The molecule has 0 amide bonds. The van der Waals surface area contributed by atoms with Gasteiger partial charge in [-0.2, -0.15) is 0 Å². The highest BCUT2D eigenvalue weighted by atomic mass is 15.2. The molecular weight excluding hydrogens is 419 g/mol. The molecule has 0 aromatic carbocycles. The summed E-state index contributed by atoms with van der Waals surface area (Å²) in [5.41, 5.74) is 0.759. The molecule has 34 heavy (non-hydrogen) atoms. The van der Waals surface area contributed by atoms with Gasteiger partial charge in [-0.3, -0.25) is 0 Å². The van der Waals surface area contributed by atoms with E-state index in [1.54, 1.807) is 0 Å². The Morgan fingerprint density at radius 2 is 0.588 bits per heavy atom. The molecule has 0 atom stereocenters. The first-order valence-electron chi connectivity index (χ1n) is 13.8. The van der Waals surface area contributed by atoms with Crippen LogP contribution in [0.1, 0.15) is 122 Å². The maximum Gasteiger partial charge on any atom is 0.395 e. The van der Waals surface area contributed by atoms with Crippen LogP contribution in [-0.2, 0) is 0 Å². The second-order valence-electron chi connectivity index (χ2n) is 15.9. The van der Waals surface area contributed by atoms with Crippen LogP contribution in [0, 0.1) is 0 Å². The zero-order valence-electron chi connectivity index (χ0n) is 24.6. The topological polar surface area (TPSA) is 72.2 Å². The lowest BCUT2D eigenvalue weighted by molar-refractivity contribution is 0.145. The van der Waals surface area contributed by atoms with Crippen molar-refractivity contribution in [3.05, 3.63) is 0 Å². The Morgan fingerprint density at radius 1 is 0.412 bits per heavy atom. The van der Waals surface area contributed by atoms with Crippen LogP contribution in [0.2, 0.25) is 0 Å². The van der Waals surface area contributed by atoms with Crippen molar-refractivity contribution < 1.29 is 0 Å². The molecule has 3 saturated heterocycles. The molecule has 0 spiro atoms. The van der Waals surface area contributed by atoms with Crippen LogP contribution < -0.4 is 31.6 Å². The van der Waals surface area contributed by atoms with Gasteiger partial charge in [-0.15, -0.1) is 0 Å². The van der Waals surface area contributed by atoms with Gasteiger partial charge in [-0.05, 0) is 122 Å². The average Bonchev–Trinajstić information content (AvgIpc) is 2.44. The lowest BCUT2D eigenvalue weighted by Gasteiger charge is -2.50. The Bertz CT molecular complexity index is 571. The SMILES string of the molecule is CC1(C)CC(NB(NC2CC(C)(C)NC(C)(C)C2)NC2CC(C)(C)NC(C)(C)C2)CC(C)(C)N1. The fourth-order valence-electron chi connectivity index (χ4n) is 8.17. The summed E-state index contributed by atoms with van der Waals surface area (Å²) >= 11 is 0. The minimum absolute atomic E-state index is 0.0964. The van der Waals surface area contributed by atoms with Gasteiger partial charge in [-0.25, -0.2) is 0 Å². The van der Waals surface area contributed by atoms with Crippen LogP contribution in [0.25, 0.3) is 0 Å². The van der Waals surface area contributed by atoms with Crippen molar-refractivity contribution in [2.24, 2.45) is 0 Å². The number of hydrogen-bond acceptors (Lipinski definition) is 6. The largest absolute Gasteiger partial charge is 0.395 e. The van der Waals surface area contributed by atoms with Gasteiger partial charge in [-0.1, -0.05) is 0 Å². The van der Waals surface area contributed by atoms with E-state index in [9.17, 15) is 0 Å². The normalized spacial score (nSPS) is 30.7. The highest BCUT2D eigenvalue weighted by molar-refractivity contribution is 6.50. The van der Waals surface area contributed by atoms with E-state index >= 15 is 0 Å². The van der Waals surface area contributed by atoms with Gasteiger partial charge >= 0.3 is 7.12 Å². The Kier molecular flexibility index (Phi) is 7.76. The zero-order chi connectivity index (χ0) is 25.8. The third kappa shape index (κ3) is 8.45. The summed E-state index contributed by atoms with van der Waals surface area (Å²) in [6.45, 7) is 28.1. The lowest BCUT2D eigenvalue weighted by Crippen LogP contribution is -2.73. The molecule has 0 radical (unpaired) electrons. The third-order valence-corrected chi connectivity index (χ3v) is 7.78. The molecule has 3 aliphatic heterocycles. The van der Waals surface area contributed by atoms with Crippen molar-refractivity contribution in [2.75, 3.05) is 0 Å². The summed E-state index contributed by atoms with van der Waals surface area (Å²) in [5, 5.41) is 23.7. The van der Waals surface area contributed by atoms with Crippen LogP contribution in [0.5, 0.6) is 0 Å². The average molecular weight is 477 g/mol. The second kappa shape index (κ2) is 9.29. The monoisotopic (exact) mass is 476 g/mol. The summed E-state index contributed by atoms with van der Waals surface area (Å²) in [7, 11) is 0.0964. The molecule has 6 nitrogen and oxygen atoms in total. The summed E-state index contributed by atoms with van der Waals surface area (Å²) in [5.74, 6) is 0. The maximum absolute atomic E-state index is 4.07. The van der Waals surface area contributed by atoms with Crippen molar-refractivity contribution >= 4 is 7.12 Å². The lowest BCUT2D eigenvalue weighted by atomic mass is 9.73. The fourth-order valence-corrected chi connectivity index (χ4v) is 8.17. The van der Waals surface area contributed by atoms with Gasteiger partial charge < -0.3 is 31.6 Å². The van der Waals surface area contributed by atoms with Gasteiger partial charge in [0.2, 0.25) is 0 Å². The van der Waals surface area contributed by atoms with Crippen molar-refractivity contribution in [1.82, 2.24) is 31.6 Å². The molecule has 3 heterocycles. The van der Waals surface area contributed by atoms with Crippen LogP contribution in [0.3, 0.4) is 0 Å². The van der Waals surface area contributed by atoms with Crippen molar-refractivity contribution in [3.8, 4) is 0 Å². The number of piperidine rings is 3. The fraction of sp³-hybridized carbons (Fsp3) is 1.00. The minimum atomic E-state index is 0.0964. The molecule has 3 aliphatic rings. The van der Waals surface area contributed by atoms with E-state index in [-0.39, 0.29) is 40.4 Å². The Hall–Kier alpha value is -0.175. The van der Waals surface area contributed by atoms with E-state index in [4.69, 9.17) is 0 Å². The zero-order valence-corrected chi connectivity index (χ0v) is 24.6. The molecule has 0 saturated carbocycles. The van der Waals surface area contributed by atoms with E-state index in [1.807, 2.05) is 0 Å².